The van der Waals surface area contributed by atoms with Gasteiger partial charge >= 0.3 is 0 Å². The molecule has 2 aliphatic rings. The molecule has 0 bridgehead atoms. The number of hydrogen-bond donors (Lipinski definition) is 2. The van der Waals surface area contributed by atoms with Crippen LogP contribution < -0.4 is 10.6 Å². The van der Waals surface area contributed by atoms with Gasteiger partial charge in [-0.1, -0.05) is 6.42 Å². The van der Waals surface area contributed by atoms with Crippen molar-refractivity contribution in [2.75, 3.05) is 13.1 Å². The van der Waals surface area contributed by atoms with Gasteiger partial charge in [0.15, 0.2) is 0 Å². The van der Waals surface area contributed by atoms with E-state index in [1.54, 1.807) is 0 Å². The maximum Gasteiger partial charge on any atom is 0.0319 e. The molecule has 1 saturated heterocycles. The van der Waals surface area contributed by atoms with Crippen molar-refractivity contribution < 1.29 is 0 Å². The Morgan fingerprint density at radius 1 is 1.36 bits per heavy atom. The molecule has 1 unspecified atom stereocenters. The second-order valence-electron chi connectivity index (χ2n) is 4.00. The first kappa shape index (κ1) is 7.56. The Bertz CT molecular complexity index is 128. The SMILES string of the molecule is CC(NC1CNC1)C1CCC1. The van der Waals surface area contributed by atoms with Gasteiger partial charge in [-0.05, 0) is 25.7 Å². The van der Waals surface area contributed by atoms with Crippen molar-refractivity contribution in [2.24, 2.45) is 5.92 Å². The molecule has 2 rings (SSSR count). The summed E-state index contributed by atoms with van der Waals surface area (Å²) >= 11 is 0. The van der Waals surface area contributed by atoms with Gasteiger partial charge in [-0.25, -0.2) is 0 Å². The van der Waals surface area contributed by atoms with Crippen LogP contribution >= 0.6 is 0 Å². The van der Waals surface area contributed by atoms with Crippen molar-refractivity contribution >= 4 is 0 Å². The lowest BCUT2D eigenvalue weighted by Gasteiger charge is -2.37. The van der Waals surface area contributed by atoms with Crippen molar-refractivity contribution in [3.63, 3.8) is 0 Å². The van der Waals surface area contributed by atoms with E-state index in [2.05, 4.69) is 17.6 Å². The summed E-state index contributed by atoms with van der Waals surface area (Å²) in [6.07, 6.45) is 4.36. The Balaban J connectivity index is 1.67. The molecule has 0 aromatic carbocycles. The Morgan fingerprint density at radius 2 is 2.09 bits per heavy atom. The molecule has 0 aromatic heterocycles. The number of hydrogen-bond acceptors (Lipinski definition) is 2. The quantitative estimate of drug-likeness (QED) is 0.626. The molecular formula is C9H18N2. The summed E-state index contributed by atoms with van der Waals surface area (Å²) < 4.78 is 0. The lowest BCUT2D eigenvalue weighted by molar-refractivity contribution is 0.208. The lowest BCUT2D eigenvalue weighted by Crippen LogP contribution is -2.59. The fourth-order valence-electron chi connectivity index (χ4n) is 1.85. The maximum absolute atomic E-state index is 3.66. The van der Waals surface area contributed by atoms with Crippen LogP contribution in [0.2, 0.25) is 0 Å². The molecule has 2 fully saturated rings. The predicted octanol–water partition coefficient (Wildman–Crippen LogP) is 0.736. The third-order valence-electron chi connectivity index (χ3n) is 3.14. The Labute approximate surface area is 68.7 Å². The van der Waals surface area contributed by atoms with Crippen molar-refractivity contribution in [1.82, 2.24) is 10.6 Å². The highest BCUT2D eigenvalue weighted by Gasteiger charge is 2.27. The molecule has 2 N–H and O–H groups in total. The van der Waals surface area contributed by atoms with E-state index < -0.39 is 0 Å². The van der Waals surface area contributed by atoms with Crippen LogP contribution in [-0.4, -0.2) is 25.2 Å². The summed E-state index contributed by atoms with van der Waals surface area (Å²) in [5.41, 5.74) is 0. The van der Waals surface area contributed by atoms with Crippen LogP contribution in [0.25, 0.3) is 0 Å². The first-order valence-electron chi connectivity index (χ1n) is 4.83. The summed E-state index contributed by atoms with van der Waals surface area (Å²) in [4.78, 5) is 0. The van der Waals surface area contributed by atoms with Crippen molar-refractivity contribution in [3.05, 3.63) is 0 Å². The van der Waals surface area contributed by atoms with E-state index in [1.807, 2.05) is 0 Å². The molecule has 64 valence electrons. The van der Waals surface area contributed by atoms with E-state index in [-0.39, 0.29) is 0 Å². The molecule has 11 heavy (non-hydrogen) atoms. The molecule has 1 saturated carbocycles. The Kier molecular flexibility index (Phi) is 2.14. The molecule has 1 aliphatic heterocycles. The fourth-order valence-corrected chi connectivity index (χ4v) is 1.85. The van der Waals surface area contributed by atoms with Crippen LogP contribution in [0.3, 0.4) is 0 Å². The summed E-state index contributed by atoms with van der Waals surface area (Å²) in [6.45, 7) is 4.69. The summed E-state index contributed by atoms with van der Waals surface area (Å²) in [5.74, 6) is 0.982. The molecule has 0 spiro atoms. The fraction of sp³-hybridized carbons (Fsp3) is 1.00. The molecule has 2 nitrogen and oxygen atoms in total. The topological polar surface area (TPSA) is 24.1 Å². The average Bonchev–Trinajstić information content (AvgIpc) is 1.74. The highest BCUT2D eigenvalue weighted by atomic mass is 15.1. The Morgan fingerprint density at radius 3 is 2.45 bits per heavy atom. The van der Waals surface area contributed by atoms with Crippen LogP contribution in [0, 0.1) is 5.92 Å². The minimum Gasteiger partial charge on any atom is -0.314 e. The summed E-state index contributed by atoms with van der Waals surface area (Å²) in [5, 5.41) is 6.93. The van der Waals surface area contributed by atoms with Gasteiger partial charge in [0.05, 0.1) is 0 Å². The smallest absolute Gasteiger partial charge is 0.0319 e. The first-order chi connectivity index (χ1) is 5.36. The standard InChI is InChI=1S/C9H18N2/c1-7(8-3-2-4-8)11-9-5-10-6-9/h7-11H,2-6H2,1H3. The van der Waals surface area contributed by atoms with Gasteiger partial charge < -0.3 is 10.6 Å². The van der Waals surface area contributed by atoms with Crippen LogP contribution in [0.15, 0.2) is 0 Å². The second kappa shape index (κ2) is 3.11. The monoisotopic (exact) mass is 154 g/mol. The molecule has 1 atom stereocenters. The summed E-state index contributed by atoms with van der Waals surface area (Å²) in [7, 11) is 0. The zero-order valence-corrected chi connectivity index (χ0v) is 7.27. The molecule has 0 radical (unpaired) electrons. The van der Waals surface area contributed by atoms with Crippen LogP contribution in [0.5, 0.6) is 0 Å². The van der Waals surface area contributed by atoms with E-state index in [0.717, 1.165) is 18.0 Å². The van der Waals surface area contributed by atoms with Gasteiger partial charge in [-0.15, -0.1) is 0 Å². The van der Waals surface area contributed by atoms with Crippen molar-refractivity contribution in [3.8, 4) is 0 Å². The van der Waals surface area contributed by atoms with E-state index in [0.29, 0.717) is 0 Å². The zero-order valence-electron chi connectivity index (χ0n) is 7.27. The number of nitrogens with one attached hydrogen (secondary N) is 2. The van der Waals surface area contributed by atoms with Crippen molar-refractivity contribution in [2.45, 2.75) is 38.3 Å². The maximum atomic E-state index is 3.66. The van der Waals surface area contributed by atoms with Crippen molar-refractivity contribution in [1.29, 1.82) is 0 Å². The van der Waals surface area contributed by atoms with E-state index in [9.17, 15) is 0 Å². The zero-order chi connectivity index (χ0) is 7.68. The van der Waals surface area contributed by atoms with Crippen LogP contribution in [-0.2, 0) is 0 Å². The second-order valence-corrected chi connectivity index (χ2v) is 4.00. The highest BCUT2D eigenvalue weighted by Crippen LogP contribution is 2.29. The van der Waals surface area contributed by atoms with E-state index >= 15 is 0 Å². The minimum absolute atomic E-state index is 0.760. The largest absolute Gasteiger partial charge is 0.314 e. The normalized spacial score (nSPS) is 29.2. The van der Waals surface area contributed by atoms with E-state index in [4.69, 9.17) is 0 Å². The van der Waals surface area contributed by atoms with Gasteiger partial charge in [0.1, 0.15) is 0 Å². The highest BCUT2D eigenvalue weighted by molar-refractivity contribution is 4.87. The Hall–Kier alpha value is -0.0800. The molecule has 0 aromatic rings. The van der Waals surface area contributed by atoms with Gasteiger partial charge in [0, 0.05) is 25.2 Å². The average molecular weight is 154 g/mol. The molecule has 0 amide bonds. The molecule has 1 heterocycles. The predicted molar refractivity (Wildman–Crippen MR) is 46.6 cm³/mol. The van der Waals surface area contributed by atoms with Crippen LogP contribution in [0.1, 0.15) is 26.2 Å². The van der Waals surface area contributed by atoms with Gasteiger partial charge in [-0.3, -0.25) is 0 Å². The van der Waals surface area contributed by atoms with Gasteiger partial charge in [0.2, 0.25) is 0 Å². The van der Waals surface area contributed by atoms with Gasteiger partial charge in [-0.2, -0.15) is 0 Å². The lowest BCUT2D eigenvalue weighted by atomic mass is 9.80. The first-order valence-corrected chi connectivity index (χ1v) is 4.83. The molecule has 2 heteroatoms. The van der Waals surface area contributed by atoms with E-state index in [1.165, 1.54) is 32.4 Å². The molecular weight excluding hydrogens is 136 g/mol. The number of rotatable bonds is 3. The van der Waals surface area contributed by atoms with Crippen LogP contribution in [0.4, 0.5) is 0 Å². The summed E-state index contributed by atoms with van der Waals surface area (Å²) in [6, 6.07) is 1.53. The third kappa shape index (κ3) is 1.57. The minimum atomic E-state index is 0.760. The van der Waals surface area contributed by atoms with Gasteiger partial charge in [0.25, 0.3) is 0 Å². The molecule has 1 aliphatic carbocycles. The third-order valence-corrected chi connectivity index (χ3v) is 3.14.